The maximum absolute atomic E-state index is 12.4. The Morgan fingerprint density at radius 3 is 2.40 bits per heavy atom. The Labute approximate surface area is 119 Å². The van der Waals surface area contributed by atoms with Crippen LogP contribution in [0, 0.1) is 5.92 Å². The Hall–Kier alpha value is -1.59. The van der Waals surface area contributed by atoms with E-state index in [9.17, 15) is 14.4 Å². The summed E-state index contributed by atoms with van der Waals surface area (Å²) in [4.78, 5) is 38.8. The van der Waals surface area contributed by atoms with Crippen molar-refractivity contribution in [1.82, 2.24) is 9.80 Å². The summed E-state index contributed by atoms with van der Waals surface area (Å²) < 4.78 is 5.01. The second kappa shape index (κ2) is 6.24. The molecule has 0 radical (unpaired) electrons. The minimum atomic E-state index is -0.318. The predicted octanol–water partition coefficient (Wildman–Crippen LogP) is 0.409. The fourth-order valence-electron chi connectivity index (χ4n) is 2.90. The highest BCUT2D eigenvalue weighted by atomic mass is 16.5. The molecular formula is C14H22N2O4. The third kappa shape index (κ3) is 2.94. The lowest BCUT2D eigenvalue weighted by atomic mass is 9.96. The molecule has 2 heterocycles. The van der Waals surface area contributed by atoms with Crippen LogP contribution in [0.2, 0.25) is 0 Å². The number of hydrogen-bond donors (Lipinski definition) is 0. The van der Waals surface area contributed by atoms with E-state index in [2.05, 4.69) is 0 Å². The van der Waals surface area contributed by atoms with Gasteiger partial charge in [0, 0.05) is 26.6 Å². The summed E-state index contributed by atoms with van der Waals surface area (Å²) in [5.74, 6) is -0.208. The van der Waals surface area contributed by atoms with Crippen LogP contribution >= 0.6 is 0 Å². The van der Waals surface area contributed by atoms with Gasteiger partial charge in [0.15, 0.2) is 0 Å². The van der Waals surface area contributed by atoms with Crippen molar-refractivity contribution in [2.24, 2.45) is 5.92 Å². The molecule has 2 amide bonds. The Morgan fingerprint density at radius 2 is 1.90 bits per heavy atom. The molecule has 2 aliphatic heterocycles. The fourth-order valence-corrected chi connectivity index (χ4v) is 2.90. The van der Waals surface area contributed by atoms with E-state index in [1.54, 1.807) is 23.8 Å². The molecule has 0 saturated carbocycles. The first-order valence-corrected chi connectivity index (χ1v) is 7.25. The van der Waals surface area contributed by atoms with Crippen LogP contribution in [0.25, 0.3) is 0 Å². The van der Waals surface area contributed by atoms with Gasteiger partial charge in [-0.15, -0.1) is 0 Å². The highest BCUT2D eigenvalue weighted by Gasteiger charge is 2.37. The number of likely N-dealkylation sites (N-methyl/N-ethyl adjacent to an activating group) is 1. The monoisotopic (exact) mass is 282 g/mol. The number of ether oxygens (including phenoxy) is 1. The van der Waals surface area contributed by atoms with Crippen molar-refractivity contribution < 1.29 is 19.1 Å². The van der Waals surface area contributed by atoms with Crippen LogP contribution in [-0.4, -0.2) is 60.4 Å². The molecule has 2 rings (SSSR count). The van der Waals surface area contributed by atoms with Crippen molar-refractivity contribution in [3.05, 3.63) is 0 Å². The maximum atomic E-state index is 12.4. The van der Waals surface area contributed by atoms with E-state index < -0.39 is 0 Å². The number of rotatable bonds is 3. The Balaban J connectivity index is 1.86. The molecule has 0 aromatic heterocycles. The fraction of sp³-hybridized carbons (Fsp3) is 0.786. The van der Waals surface area contributed by atoms with E-state index in [1.807, 2.05) is 0 Å². The topological polar surface area (TPSA) is 66.9 Å². The van der Waals surface area contributed by atoms with E-state index in [4.69, 9.17) is 4.74 Å². The number of piperidine rings is 1. The summed E-state index contributed by atoms with van der Waals surface area (Å²) in [6.45, 7) is 3.33. The van der Waals surface area contributed by atoms with Crippen LogP contribution < -0.4 is 0 Å². The number of carbonyl (C=O) groups is 3. The van der Waals surface area contributed by atoms with Crippen molar-refractivity contribution in [2.75, 3.05) is 26.7 Å². The van der Waals surface area contributed by atoms with Gasteiger partial charge in [-0.1, -0.05) is 0 Å². The van der Waals surface area contributed by atoms with Crippen LogP contribution in [0.4, 0.5) is 0 Å². The number of esters is 1. The lowest BCUT2D eigenvalue weighted by Gasteiger charge is -2.33. The van der Waals surface area contributed by atoms with Crippen molar-refractivity contribution in [3.63, 3.8) is 0 Å². The first-order valence-electron chi connectivity index (χ1n) is 7.25. The standard InChI is InChI=1S/C14H22N2O4/c1-3-20-14(19)10-6-8-16(9-7-10)13(18)11-4-5-12(17)15(11)2/h10-11H,3-9H2,1-2H3. The minimum absolute atomic E-state index is 0.0145. The van der Waals surface area contributed by atoms with Gasteiger partial charge in [-0.05, 0) is 26.2 Å². The number of carbonyl (C=O) groups excluding carboxylic acids is 3. The summed E-state index contributed by atoms with van der Waals surface area (Å²) >= 11 is 0. The lowest BCUT2D eigenvalue weighted by Crippen LogP contribution is -2.48. The summed E-state index contributed by atoms with van der Waals surface area (Å²) in [5, 5.41) is 0. The lowest BCUT2D eigenvalue weighted by molar-refractivity contribution is -0.152. The van der Waals surface area contributed by atoms with Gasteiger partial charge in [0.2, 0.25) is 11.8 Å². The van der Waals surface area contributed by atoms with E-state index in [-0.39, 0.29) is 29.7 Å². The molecular weight excluding hydrogens is 260 g/mol. The van der Waals surface area contributed by atoms with Crippen molar-refractivity contribution in [3.8, 4) is 0 Å². The molecule has 1 atom stereocenters. The van der Waals surface area contributed by atoms with E-state index in [0.717, 1.165) is 0 Å². The van der Waals surface area contributed by atoms with Gasteiger partial charge in [-0.3, -0.25) is 14.4 Å². The second-order valence-corrected chi connectivity index (χ2v) is 5.41. The van der Waals surface area contributed by atoms with E-state index in [1.165, 1.54) is 0 Å². The number of hydrogen-bond acceptors (Lipinski definition) is 4. The van der Waals surface area contributed by atoms with Gasteiger partial charge < -0.3 is 14.5 Å². The summed E-state index contributed by atoms with van der Waals surface area (Å²) in [7, 11) is 1.68. The Kier molecular flexibility index (Phi) is 4.62. The van der Waals surface area contributed by atoms with E-state index >= 15 is 0 Å². The summed E-state index contributed by atoms with van der Waals surface area (Å²) in [6, 6.07) is -0.318. The molecule has 2 saturated heterocycles. The zero-order valence-corrected chi connectivity index (χ0v) is 12.1. The first-order chi connectivity index (χ1) is 9.54. The third-order valence-electron chi connectivity index (χ3n) is 4.20. The van der Waals surface area contributed by atoms with Crippen LogP contribution in [0.1, 0.15) is 32.6 Å². The number of nitrogens with zero attached hydrogens (tertiary/aromatic N) is 2. The normalized spacial score (nSPS) is 24.1. The molecule has 2 fully saturated rings. The van der Waals surface area contributed by atoms with Gasteiger partial charge in [0.1, 0.15) is 6.04 Å². The third-order valence-corrected chi connectivity index (χ3v) is 4.20. The average Bonchev–Trinajstić information content (AvgIpc) is 2.79. The number of amides is 2. The molecule has 20 heavy (non-hydrogen) atoms. The van der Waals surface area contributed by atoms with Crippen molar-refractivity contribution >= 4 is 17.8 Å². The molecule has 1 unspecified atom stereocenters. The van der Waals surface area contributed by atoms with Crippen molar-refractivity contribution in [2.45, 2.75) is 38.6 Å². The van der Waals surface area contributed by atoms with Crippen molar-refractivity contribution in [1.29, 1.82) is 0 Å². The SMILES string of the molecule is CCOC(=O)C1CCN(C(=O)C2CCC(=O)N2C)CC1. The molecule has 6 nitrogen and oxygen atoms in total. The minimum Gasteiger partial charge on any atom is -0.466 e. The molecule has 6 heteroatoms. The van der Waals surface area contributed by atoms with Crippen LogP contribution in [0.15, 0.2) is 0 Å². The largest absolute Gasteiger partial charge is 0.466 e. The average molecular weight is 282 g/mol. The van der Waals surface area contributed by atoms with Gasteiger partial charge >= 0.3 is 5.97 Å². The van der Waals surface area contributed by atoms with E-state index in [0.29, 0.717) is 45.4 Å². The van der Waals surface area contributed by atoms with Gasteiger partial charge in [0.25, 0.3) is 0 Å². The molecule has 0 spiro atoms. The predicted molar refractivity (Wildman–Crippen MR) is 71.7 cm³/mol. The van der Waals surface area contributed by atoms with Gasteiger partial charge in [-0.25, -0.2) is 0 Å². The number of likely N-dealkylation sites (tertiary alicyclic amines) is 2. The molecule has 0 aromatic carbocycles. The highest BCUT2D eigenvalue weighted by Crippen LogP contribution is 2.23. The summed E-state index contributed by atoms with van der Waals surface area (Å²) in [6.07, 6.45) is 2.35. The molecule has 0 N–H and O–H groups in total. The second-order valence-electron chi connectivity index (χ2n) is 5.41. The van der Waals surface area contributed by atoms with Crippen LogP contribution in [0.5, 0.6) is 0 Å². The first kappa shape index (κ1) is 14.8. The molecule has 2 aliphatic rings. The molecule has 0 aromatic rings. The molecule has 0 bridgehead atoms. The zero-order valence-electron chi connectivity index (χ0n) is 12.1. The van der Waals surface area contributed by atoms with Gasteiger partial charge in [0.05, 0.1) is 12.5 Å². The molecule has 0 aliphatic carbocycles. The summed E-state index contributed by atoms with van der Waals surface area (Å²) in [5.41, 5.74) is 0. The smallest absolute Gasteiger partial charge is 0.309 e. The van der Waals surface area contributed by atoms with Gasteiger partial charge in [-0.2, -0.15) is 0 Å². The quantitative estimate of drug-likeness (QED) is 0.703. The zero-order chi connectivity index (χ0) is 14.7. The highest BCUT2D eigenvalue weighted by molar-refractivity contribution is 5.90. The molecule has 112 valence electrons. The Morgan fingerprint density at radius 1 is 1.25 bits per heavy atom. The van der Waals surface area contributed by atoms with Crippen LogP contribution in [0.3, 0.4) is 0 Å². The van der Waals surface area contributed by atoms with Crippen LogP contribution in [-0.2, 0) is 19.1 Å². The maximum Gasteiger partial charge on any atom is 0.309 e. The Bertz CT molecular complexity index is 402.